The van der Waals surface area contributed by atoms with Crippen molar-refractivity contribution < 1.29 is 23.4 Å². The fourth-order valence-corrected chi connectivity index (χ4v) is 2.00. The zero-order valence-corrected chi connectivity index (χ0v) is 12.0. The Bertz CT molecular complexity index is 466. The van der Waals surface area contributed by atoms with Crippen molar-refractivity contribution in [3.63, 3.8) is 0 Å². The third-order valence-corrected chi connectivity index (χ3v) is 3.46. The van der Waals surface area contributed by atoms with Gasteiger partial charge in [-0.2, -0.15) is 0 Å². The number of rotatable bonds is 6. The van der Waals surface area contributed by atoms with E-state index in [1.54, 1.807) is 19.2 Å². The van der Waals surface area contributed by atoms with Crippen molar-refractivity contribution in [3.8, 4) is 5.75 Å². The average Bonchev–Trinajstić information content (AvgIpc) is 2.38. The van der Waals surface area contributed by atoms with Gasteiger partial charge in [-0.1, -0.05) is 0 Å². The van der Waals surface area contributed by atoms with Crippen LogP contribution in [0.1, 0.15) is 6.42 Å². The van der Waals surface area contributed by atoms with Gasteiger partial charge in [-0.25, -0.2) is 4.39 Å². The normalized spacial score (nSPS) is 22.2. The van der Waals surface area contributed by atoms with Crippen LogP contribution in [0.4, 0.5) is 4.39 Å². The number of ether oxygens (including phenoxy) is 3. The summed E-state index contributed by atoms with van der Waals surface area (Å²) < 4.78 is 29.5. The maximum Gasteiger partial charge on any atom is 0.169 e. The number of carbonyl (C=O) groups is 1. The molecule has 104 valence electrons. The minimum Gasteiger partial charge on any atom is -0.487 e. The van der Waals surface area contributed by atoms with Gasteiger partial charge in [0.1, 0.15) is 17.7 Å². The summed E-state index contributed by atoms with van der Waals surface area (Å²) in [5.74, 6) is -0.0165. The van der Waals surface area contributed by atoms with Crippen molar-refractivity contribution in [1.82, 2.24) is 0 Å². The van der Waals surface area contributed by atoms with E-state index in [-0.39, 0.29) is 18.3 Å². The van der Waals surface area contributed by atoms with Gasteiger partial charge in [-0.05, 0) is 28.1 Å². The molecule has 1 fully saturated rings. The molecule has 0 amide bonds. The van der Waals surface area contributed by atoms with Crippen LogP contribution in [0, 0.1) is 5.82 Å². The molecule has 1 aliphatic carbocycles. The Morgan fingerprint density at radius 3 is 2.84 bits per heavy atom. The SMILES string of the molecule is COCCOC1C(=O)CC1Oc1ccc(Br)c(F)c1. The molecule has 6 heteroatoms. The number of carbonyl (C=O) groups excluding carboxylic acids is 1. The lowest BCUT2D eigenvalue weighted by Crippen LogP contribution is -2.52. The molecule has 0 bridgehead atoms. The third-order valence-electron chi connectivity index (χ3n) is 2.82. The van der Waals surface area contributed by atoms with Crippen molar-refractivity contribution in [2.24, 2.45) is 0 Å². The highest BCUT2D eigenvalue weighted by molar-refractivity contribution is 9.10. The summed E-state index contributed by atoms with van der Waals surface area (Å²) in [5.41, 5.74) is 0. The fourth-order valence-electron chi connectivity index (χ4n) is 1.76. The maximum atomic E-state index is 13.3. The highest BCUT2D eigenvalue weighted by Crippen LogP contribution is 2.27. The van der Waals surface area contributed by atoms with Crippen LogP contribution in [0.2, 0.25) is 0 Å². The van der Waals surface area contributed by atoms with Crippen molar-refractivity contribution >= 4 is 21.7 Å². The summed E-state index contributed by atoms with van der Waals surface area (Å²) >= 11 is 3.07. The standard InChI is InChI=1S/C13H14BrFO4/c1-17-4-5-18-13-11(16)7-12(13)19-8-2-3-9(14)10(15)6-8/h2-3,6,12-13H,4-5,7H2,1H3. The molecule has 1 aliphatic rings. The molecule has 1 aromatic carbocycles. The minimum atomic E-state index is -0.582. The summed E-state index contributed by atoms with van der Waals surface area (Å²) in [6.45, 7) is 0.755. The zero-order valence-electron chi connectivity index (χ0n) is 10.4. The van der Waals surface area contributed by atoms with Gasteiger partial charge < -0.3 is 14.2 Å². The second-order valence-electron chi connectivity index (χ2n) is 4.19. The first-order valence-corrected chi connectivity index (χ1v) is 6.66. The number of hydrogen-bond acceptors (Lipinski definition) is 4. The fraction of sp³-hybridized carbons (Fsp3) is 0.462. The van der Waals surface area contributed by atoms with Gasteiger partial charge in [0.15, 0.2) is 11.9 Å². The quantitative estimate of drug-likeness (QED) is 0.750. The van der Waals surface area contributed by atoms with Gasteiger partial charge in [0.2, 0.25) is 0 Å². The molecule has 0 spiro atoms. The molecule has 1 saturated carbocycles. The molecule has 0 radical (unpaired) electrons. The predicted octanol–water partition coefficient (Wildman–Crippen LogP) is 2.34. The number of hydrogen-bond donors (Lipinski definition) is 0. The first kappa shape index (κ1) is 14.4. The van der Waals surface area contributed by atoms with Gasteiger partial charge in [0, 0.05) is 19.6 Å². The highest BCUT2D eigenvalue weighted by atomic mass is 79.9. The first-order valence-electron chi connectivity index (χ1n) is 5.87. The smallest absolute Gasteiger partial charge is 0.169 e. The molecule has 2 unspecified atom stereocenters. The Morgan fingerprint density at radius 2 is 2.21 bits per heavy atom. The number of ketones is 1. The second kappa shape index (κ2) is 6.45. The molecule has 0 heterocycles. The molecular formula is C13H14BrFO4. The molecule has 2 rings (SSSR count). The minimum absolute atomic E-state index is 0.00122. The Morgan fingerprint density at radius 1 is 1.42 bits per heavy atom. The molecule has 0 aromatic heterocycles. The molecule has 1 aromatic rings. The summed E-state index contributed by atoms with van der Waals surface area (Å²) in [4.78, 5) is 11.4. The Kier molecular flexibility index (Phi) is 4.90. The van der Waals surface area contributed by atoms with E-state index in [0.717, 1.165) is 0 Å². The Labute approximate surface area is 119 Å². The van der Waals surface area contributed by atoms with Crippen molar-refractivity contribution in [2.45, 2.75) is 18.6 Å². The van der Waals surface area contributed by atoms with Crippen LogP contribution in [0.25, 0.3) is 0 Å². The van der Waals surface area contributed by atoms with Crippen molar-refractivity contribution in [2.75, 3.05) is 20.3 Å². The lowest BCUT2D eigenvalue weighted by molar-refractivity contribution is -0.156. The summed E-state index contributed by atoms with van der Waals surface area (Å²) in [6.07, 6.45) is -0.651. The van der Waals surface area contributed by atoms with E-state index >= 15 is 0 Å². The first-order chi connectivity index (χ1) is 9.11. The topological polar surface area (TPSA) is 44.8 Å². The third kappa shape index (κ3) is 3.52. The van der Waals surface area contributed by atoms with Crippen LogP contribution in [0.15, 0.2) is 22.7 Å². The van der Waals surface area contributed by atoms with Crippen LogP contribution in [-0.2, 0) is 14.3 Å². The number of halogens is 2. The lowest BCUT2D eigenvalue weighted by Gasteiger charge is -2.34. The molecule has 19 heavy (non-hydrogen) atoms. The van der Waals surface area contributed by atoms with Crippen LogP contribution >= 0.6 is 15.9 Å². The van der Waals surface area contributed by atoms with Crippen LogP contribution in [0.5, 0.6) is 5.75 Å². The summed E-state index contributed by atoms with van der Waals surface area (Å²) in [6, 6.07) is 4.48. The van der Waals surface area contributed by atoms with Crippen LogP contribution < -0.4 is 4.74 Å². The molecular weight excluding hydrogens is 319 g/mol. The van der Waals surface area contributed by atoms with Gasteiger partial charge in [-0.3, -0.25) is 4.79 Å². The zero-order chi connectivity index (χ0) is 13.8. The number of Topliss-reactive ketones (excluding diaryl/α,β-unsaturated/α-hetero) is 1. The molecule has 0 saturated heterocycles. The van der Waals surface area contributed by atoms with Crippen LogP contribution in [0.3, 0.4) is 0 Å². The van der Waals surface area contributed by atoms with Gasteiger partial charge >= 0.3 is 0 Å². The van der Waals surface area contributed by atoms with Crippen LogP contribution in [-0.4, -0.2) is 38.3 Å². The monoisotopic (exact) mass is 332 g/mol. The molecule has 4 nitrogen and oxygen atoms in total. The molecule has 0 N–H and O–H groups in total. The van der Waals surface area contributed by atoms with E-state index in [0.29, 0.717) is 23.4 Å². The lowest BCUT2D eigenvalue weighted by atomic mass is 9.90. The second-order valence-corrected chi connectivity index (χ2v) is 5.04. The highest BCUT2D eigenvalue weighted by Gasteiger charge is 2.42. The van der Waals surface area contributed by atoms with E-state index in [1.165, 1.54) is 6.07 Å². The van der Waals surface area contributed by atoms with Crippen molar-refractivity contribution in [1.29, 1.82) is 0 Å². The van der Waals surface area contributed by atoms with Gasteiger partial charge in [-0.15, -0.1) is 0 Å². The Hall–Kier alpha value is -0.980. The summed E-state index contributed by atoms with van der Waals surface area (Å²) in [7, 11) is 1.56. The Balaban J connectivity index is 1.91. The molecule has 0 aliphatic heterocycles. The summed E-state index contributed by atoms with van der Waals surface area (Å²) in [5, 5.41) is 0. The largest absolute Gasteiger partial charge is 0.487 e. The van der Waals surface area contributed by atoms with E-state index in [9.17, 15) is 9.18 Å². The predicted molar refractivity (Wildman–Crippen MR) is 69.8 cm³/mol. The molecule has 2 atom stereocenters. The van der Waals surface area contributed by atoms with E-state index in [1.807, 2.05) is 0 Å². The maximum absolute atomic E-state index is 13.3. The van der Waals surface area contributed by atoms with E-state index < -0.39 is 11.9 Å². The van der Waals surface area contributed by atoms with E-state index in [2.05, 4.69) is 15.9 Å². The number of benzene rings is 1. The van der Waals surface area contributed by atoms with Gasteiger partial charge in [0.05, 0.1) is 17.7 Å². The van der Waals surface area contributed by atoms with E-state index in [4.69, 9.17) is 14.2 Å². The average molecular weight is 333 g/mol. The van der Waals surface area contributed by atoms with Gasteiger partial charge in [0.25, 0.3) is 0 Å². The number of methoxy groups -OCH3 is 1. The van der Waals surface area contributed by atoms with Crippen molar-refractivity contribution in [3.05, 3.63) is 28.5 Å².